The zero-order valence-electron chi connectivity index (χ0n) is 11.9. The third-order valence-electron chi connectivity index (χ3n) is 3.44. The van der Waals surface area contributed by atoms with Crippen LogP contribution < -0.4 is 4.90 Å². The molecule has 1 aromatic heterocycles. The minimum absolute atomic E-state index is 0.313. The Morgan fingerprint density at radius 1 is 1.42 bits per heavy atom. The molecule has 1 atom stereocenters. The Hall–Kier alpha value is -0.870. The standard InChI is InChI=1S/C14H22ClN3O/c1-4-6-12-16-13(15)10(2)14(17-12)18(3)9-11-7-5-8-19-11/h11H,4-9H2,1-3H3. The van der Waals surface area contributed by atoms with Gasteiger partial charge in [0.1, 0.15) is 16.8 Å². The number of hydrogen-bond donors (Lipinski definition) is 0. The van der Waals surface area contributed by atoms with Gasteiger partial charge in [0.15, 0.2) is 0 Å². The second-order valence-electron chi connectivity index (χ2n) is 5.14. The van der Waals surface area contributed by atoms with Gasteiger partial charge in [-0.05, 0) is 26.2 Å². The van der Waals surface area contributed by atoms with Crippen LogP contribution in [-0.2, 0) is 11.2 Å². The average molecular weight is 284 g/mol. The van der Waals surface area contributed by atoms with Crippen molar-refractivity contribution in [3.05, 3.63) is 16.5 Å². The SMILES string of the molecule is CCCc1nc(Cl)c(C)c(N(C)CC2CCCO2)n1. The van der Waals surface area contributed by atoms with Gasteiger partial charge in [-0.3, -0.25) is 0 Å². The first-order chi connectivity index (χ1) is 9.11. The first-order valence-electron chi connectivity index (χ1n) is 6.97. The van der Waals surface area contributed by atoms with Crippen LogP contribution in [0.4, 0.5) is 5.82 Å². The quantitative estimate of drug-likeness (QED) is 0.779. The highest BCUT2D eigenvalue weighted by atomic mass is 35.5. The lowest BCUT2D eigenvalue weighted by atomic mass is 10.2. The molecule has 0 bridgehead atoms. The number of likely N-dealkylation sites (N-methyl/N-ethyl adjacent to an activating group) is 1. The monoisotopic (exact) mass is 283 g/mol. The molecule has 0 N–H and O–H groups in total. The fourth-order valence-electron chi connectivity index (χ4n) is 2.41. The van der Waals surface area contributed by atoms with E-state index in [9.17, 15) is 0 Å². The summed E-state index contributed by atoms with van der Waals surface area (Å²) in [6, 6.07) is 0. The molecule has 0 radical (unpaired) electrons. The summed E-state index contributed by atoms with van der Waals surface area (Å²) in [6.45, 7) is 5.83. The third-order valence-corrected chi connectivity index (χ3v) is 3.81. The molecule has 1 aliphatic rings. The summed E-state index contributed by atoms with van der Waals surface area (Å²) >= 11 is 6.21. The van der Waals surface area contributed by atoms with Crippen LogP contribution >= 0.6 is 11.6 Å². The van der Waals surface area contributed by atoms with Crippen molar-refractivity contribution in [2.75, 3.05) is 25.1 Å². The molecule has 0 spiro atoms. The molecule has 106 valence electrons. The maximum Gasteiger partial charge on any atom is 0.137 e. The normalized spacial score (nSPS) is 18.8. The topological polar surface area (TPSA) is 38.2 Å². The van der Waals surface area contributed by atoms with Gasteiger partial charge in [-0.15, -0.1) is 0 Å². The van der Waals surface area contributed by atoms with Crippen molar-refractivity contribution in [1.82, 2.24) is 9.97 Å². The van der Waals surface area contributed by atoms with Gasteiger partial charge >= 0.3 is 0 Å². The van der Waals surface area contributed by atoms with Crippen LogP contribution in [0.25, 0.3) is 0 Å². The summed E-state index contributed by atoms with van der Waals surface area (Å²) in [4.78, 5) is 11.1. The Kier molecular flexibility index (Phi) is 4.99. The van der Waals surface area contributed by atoms with Crippen LogP contribution in [0.1, 0.15) is 37.6 Å². The van der Waals surface area contributed by atoms with Gasteiger partial charge in [0.2, 0.25) is 0 Å². The van der Waals surface area contributed by atoms with E-state index in [0.29, 0.717) is 11.3 Å². The van der Waals surface area contributed by atoms with Crippen LogP contribution in [-0.4, -0.2) is 36.3 Å². The predicted molar refractivity (Wildman–Crippen MR) is 78.0 cm³/mol. The number of nitrogens with zero attached hydrogens (tertiary/aromatic N) is 3. The van der Waals surface area contributed by atoms with Gasteiger partial charge in [0.05, 0.1) is 6.10 Å². The Morgan fingerprint density at radius 3 is 2.84 bits per heavy atom. The van der Waals surface area contributed by atoms with Crippen LogP contribution in [0.3, 0.4) is 0 Å². The van der Waals surface area contributed by atoms with Gasteiger partial charge in [-0.1, -0.05) is 18.5 Å². The molecule has 4 nitrogen and oxygen atoms in total. The van der Waals surface area contributed by atoms with Crippen LogP contribution in [0.15, 0.2) is 0 Å². The van der Waals surface area contributed by atoms with Crippen molar-refractivity contribution in [2.24, 2.45) is 0 Å². The molecule has 5 heteroatoms. The second-order valence-corrected chi connectivity index (χ2v) is 5.50. The van der Waals surface area contributed by atoms with Gasteiger partial charge < -0.3 is 9.64 Å². The fraction of sp³-hybridized carbons (Fsp3) is 0.714. The molecule has 1 aromatic rings. The highest BCUT2D eigenvalue weighted by molar-refractivity contribution is 6.30. The molecule has 1 unspecified atom stereocenters. The van der Waals surface area contributed by atoms with E-state index in [2.05, 4.69) is 21.8 Å². The molecule has 1 aliphatic heterocycles. The number of ether oxygens (including phenoxy) is 1. The van der Waals surface area contributed by atoms with Crippen molar-refractivity contribution in [3.8, 4) is 0 Å². The van der Waals surface area contributed by atoms with Crippen molar-refractivity contribution in [3.63, 3.8) is 0 Å². The highest BCUT2D eigenvalue weighted by Gasteiger charge is 2.20. The minimum atomic E-state index is 0.313. The summed E-state index contributed by atoms with van der Waals surface area (Å²) < 4.78 is 5.67. The van der Waals surface area contributed by atoms with E-state index in [0.717, 1.165) is 56.0 Å². The smallest absolute Gasteiger partial charge is 0.137 e. The second kappa shape index (κ2) is 6.53. The molecular weight excluding hydrogens is 262 g/mol. The molecule has 1 fully saturated rings. The first-order valence-corrected chi connectivity index (χ1v) is 7.35. The molecule has 2 heterocycles. The number of anilines is 1. The summed E-state index contributed by atoms with van der Waals surface area (Å²) in [5.41, 5.74) is 0.946. The molecular formula is C14H22ClN3O. The van der Waals surface area contributed by atoms with E-state index in [1.807, 2.05) is 14.0 Å². The van der Waals surface area contributed by atoms with E-state index in [-0.39, 0.29) is 0 Å². The molecule has 0 aromatic carbocycles. The highest BCUT2D eigenvalue weighted by Crippen LogP contribution is 2.24. The predicted octanol–water partition coefficient (Wildman–Crippen LogP) is 3.01. The average Bonchev–Trinajstić information content (AvgIpc) is 2.86. The van der Waals surface area contributed by atoms with Gasteiger partial charge in [-0.2, -0.15) is 0 Å². The van der Waals surface area contributed by atoms with E-state index < -0.39 is 0 Å². The summed E-state index contributed by atoms with van der Waals surface area (Å²) in [7, 11) is 2.04. The number of rotatable bonds is 5. The maximum absolute atomic E-state index is 6.21. The minimum Gasteiger partial charge on any atom is -0.376 e. The lowest BCUT2D eigenvalue weighted by molar-refractivity contribution is 0.116. The fourth-order valence-corrected chi connectivity index (χ4v) is 2.59. The van der Waals surface area contributed by atoms with Gasteiger partial charge in [0.25, 0.3) is 0 Å². The Bertz CT molecular complexity index is 433. The lowest BCUT2D eigenvalue weighted by Gasteiger charge is -2.24. The van der Waals surface area contributed by atoms with Crippen LogP contribution in [0.5, 0.6) is 0 Å². The maximum atomic E-state index is 6.21. The van der Waals surface area contributed by atoms with Crippen molar-refractivity contribution in [2.45, 2.75) is 45.6 Å². The Balaban J connectivity index is 2.16. The molecule has 2 rings (SSSR count). The molecule has 1 saturated heterocycles. The Labute approximate surface area is 120 Å². The lowest BCUT2D eigenvalue weighted by Crippen LogP contribution is -2.30. The van der Waals surface area contributed by atoms with E-state index in [1.54, 1.807) is 0 Å². The molecule has 19 heavy (non-hydrogen) atoms. The molecule has 0 aliphatic carbocycles. The number of hydrogen-bond acceptors (Lipinski definition) is 4. The summed E-state index contributed by atoms with van der Waals surface area (Å²) in [5, 5.41) is 0.563. The van der Waals surface area contributed by atoms with Gasteiger partial charge in [0, 0.05) is 32.2 Å². The zero-order chi connectivity index (χ0) is 13.8. The van der Waals surface area contributed by atoms with Crippen molar-refractivity contribution in [1.29, 1.82) is 0 Å². The number of aromatic nitrogens is 2. The van der Waals surface area contributed by atoms with E-state index >= 15 is 0 Å². The first kappa shape index (κ1) is 14.5. The molecule has 0 amide bonds. The third kappa shape index (κ3) is 3.57. The van der Waals surface area contributed by atoms with Crippen molar-refractivity contribution >= 4 is 17.4 Å². The largest absolute Gasteiger partial charge is 0.376 e. The summed E-state index contributed by atoms with van der Waals surface area (Å²) in [5.74, 6) is 1.76. The Morgan fingerprint density at radius 2 is 2.21 bits per heavy atom. The number of halogens is 1. The van der Waals surface area contributed by atoms with Crippen LogP contribution in [0, 0.1) is 6.92 Å². The zero-order valence-corrected chi connectivity index (χ0v) is 12.7. The number of aryl methyl sites for hydroxylation is 1. The van der Waals surface area contributed by atoms with Crippen LogP contribution in [0.2, 0.25) is 5.15 Å². The van der Waals surface area contributed by atoms with E-state index in [4.69, 9.17) is 16.3 Å². The van der Waals surface area contributed by atoms with Crippen molar-refractivity contribution < 1.29 is 4.74 Å². The van der Waals surface area contributed by atoms with E-state index in [1.165, 1.54) is 0 Å². The summed E-state index contributed by atoms with van der Waals surface area (Å²) in [6.07, 6.45) is 4.48. The van der Waals surface area contributed by atoms with Gasteiger partial charge in [-0.25, -0.2) is 9.97 Å². The molecule has 0 saturated carbocycles.